The predicted octanol–water partition coefficient (Wildman–Crippen LogP) is 7.19. The predicted molar refractivity (Wildman–Crippen MR) is 125 cm³/mol. The van der Waals surface area contributed by atoms with Crippen LogP contribution in [0.5, 0.6) is 5.88 Å². The minimum absolute atomic E-state index is 0.0379. The van der Waals surface area contributed by atoms with Gasteiger partial charge in [-0.25, -0.2) is 0 Å². The maximum Gasteiger partial charge on any atom is 0.307 e. The fourth-order valence-electron chi connectivity index (χ4n) is 3.59. The zero-order chi connectivity index (χ0) is 21.4. The molecule has 0 spiro atoms. The Morgan fingerprint density at radius 3 is 2.39 bits per heavy atom. The summed E-state index contributed by atoms with van der Waals surface area (Å²) in [4.78, 5) is 13.1. The van der Waals surface area contributed by atoms with E-state index in [9.17, 15) is 9.90 Å². The number of hydrogen-bond acceptors (Lipinski definition) is 4. The number of para-hydroxylation sites is 1. The summed E-state index contributed by atoms with van der Waals surface area (Å²) in [6, 6.07) is 24.9. The lowest BCUT2D eigenvalue weighted by molar-refractivity contribution is 0.0999. The molecule has 0 unspecified atom stereocenters. The van der Waals surface area contributed by atoms with Gasteiger partial charge in [0.1, 0.15) is 4.88 Å². The monoisotopic (exact) mass is 445 g/mol. The number of amides is 1. The SMILES string of the molecule is O=C(N=Nc1c(O)n(Cc2ccccc2)c2ccccc12)c1sc2ccccc2c1Cl. The van der Waals surface area contributed by atoms with Crippen molar-refractivity contribution in [2.75, 3.05) is 0 Å². The average molecular weight is 446 g/mol. The first-order valence-corrected chi connectivity index (χ1v) is 10.8. The molecule has 0 aliphatic carbocycles. The second-order valence-electron chi connectivity index (χ2n) is 7.01. The quantitative estimate of drug-likeness (QED) is 0.297. The van der Waals surface area contributed by atoms with Crippen molar-refractivity contribution in [2.24, 2.45) is 10.2 Å². The van der Waals surface area contributed by atoms with Gasteiger partial charge in [0.2, 0.25) is 5.88 Å². The number of nitrogens with zero attached hydrogens (tertiary/aromatic N) is 3. The van der Waals surface area contributed by atoms with Gasteiger partial charge in [-0.1, -0.05) is 78.3 Å². The maximum absolute atomic E-state index is 12.7. The molecule has 0 aliphatic heterocycles. The highest BCUT2D eigenvalue weighted by atomic mass is 35.5. The number of benzene rings is 3. The number of thiophene rings is 1. The van der Waals surface area contributed by atoms with Gasteiger partial charge in [0, 0.05) is 15.5 Å². The van der Waals surface area contributed by atoms with Crippen LogP contribution >= 0.6 is 22.9 Å². The van der Waals surface area contributed by atoms with E-state index in [1.807, 2.05) is 78.9 Å². The first-order valence-electron chi connectivity index (χ1n) is 9.60. The third-order valence-corrected chi connectivity index (χ3v) is 6.73. The van der Waals surface area contributed by atoms with Gasteiger partial charge in [0.05, 0.1) is 17.1 Å². The number of halogens is 1. The second-order valence-corrected chi connectivity index (χ2v) is 8.44. The molecule has 2 heterocycles. The Bertz CT molecular complexity index is 1450. The van der Waals surface area contributed by atoms with Crippen molar-refractivity contribution in [2.45, 2.75) is 6.54 Å². The lowest BCUT2D eigenvalue weighted by Gasteiger charge is -2.06. The molecule has 0 fully saturated rings. The number of hydrogen-bond donors (Lipinski definition) is 1. The summed E-state index contributed by atoms with van der Waals surface area (Å²) in [5, 5.41) is 20.8. The van der Waals surface area contributed by atoms with Crippen molar-refractivity contribution in [3.63, 3.8) is 0 Å². The molecule has 1 N–H and O–H groups in total. The van der Waals surface area contributed by atoms with Crippen molar-refractivity contribution in [3.05, 3.63) is 94.3 Å². The number of carbonyl (C=O) groups excluding carboxylic acids is 1. The van der Waals surface area contributed by atoms with E-state index in [0.29, 0.717) is 16.4 Å². The molecule has 0 atom stereocenters. The van der Waals surface area contributed by atoms with E-state index in [2.05, 4.69) is 10.2 Å². The summed E-state index contributed by atoms with van der Waals surface area (Å²) in [6.07, 6.45) is 0. The van der Waals surface area contributed by atoms with Crippen LogP contribution in [-0.2, 0) is 6.54 Å². The van der Waals surface area contributed by atoms with Gasteiger partial charge in [0.15, 0.2) is 5.69 Å². The zero-order valence-corrected chi connectivity index (χ0v) is 17.8. The van der Waals surface area contributed by atoms with Crippen molar-refractivity contribution < 1.29 is 9.90 Å². The topological polar surface area (TPSA) is 66.9 Å². The smallest absolute Gasteiger partial charge is 0.307 e. The van der Waals surface area contributed by atoms with Gasteiger partial charge in [-0.2, -0.15) is 0 Å². The number of aromatic nitrogens is 1. The van der Waals surface area contributed by atoms with Crippen LogP contribution in [0.15, 0.2) is 89.1 Å². The summed E-state index contributed by atoms with van der Waals surface area (Å²) in [5.41, 5.74) is 2.11. The molecule has 2 aromatic heterocycles. The normalized spacial score (nSPS) is 11.6. The molecule has 0 aliphatic rings. The molecular weight excluding hydrogens is 430 g/mol. The maximum atomic E-state index is 12.7. The number of rotatable bonds is 4. The van der Waals surface area contributed by atoms with Crippen molar-refractivity contribution >= 4 is 55.5 Å². The van der Waals surface area contributed by atoms with Gasteiger partial charge in [-0.15, -0.1) is 21.6 Å². The molecule has 0 saturated carbocycles. The molecule has 5 nitrogen and oxygen atoms in total. The molecule has 1 amide bonds. The second kappa shape index (κ2) is 7.98. The van der Waals surface area contributed by atoms with Crippen molar-refractivity contribution in [1.82, 2.24) is 4.57 Å². The van der Waals surface area contributed by atoms with E-state index < -0.39 is 5.91 Å². The molecular formula is C24H16ClN3O2S. The third kappa shape index (κ3) is 3.50. The summed E-state index contributed by atoms with van der Waals surface area (Å²) >= 11 is 7.67. The highest BCUT2D eigenvalue weighted by Crippen LogP contribution is 2.40. The molecule has 0 radical (unpaired) electrons. The number of fused-ring (bicyclic) bond motifs is 2. The van der Waals surface area contributed by atoms with E-state index in [1.165, 1.54) is 11.3 Å². The van der Waals surface area contributed by atoms with Crippen LogP contribution in [0.3, 0.4) is 0 Å². The standard InChI is InChI=1S/C24H16ClN3O2S/c25-20-17-11-5-7-13-19(17)31-22(20)23(29)27-26-21-16-10-4-6-12-18(16)28(24(21)30)14-15-8-2-1-3-9-15/h1-13,30H,14H2. The van der Waals surface area contributed by atoms with Crippen molar-refractivity contribution in [1.29, 1.82) is 0 Å². The van der Waals surface area contributed by atoms with Gasteiger partial charge in [-0.3, -0.25) is 4.79 Å². The van der Waals surface area contributed by atoms with Crippen LogP contribution < -0.4 is 0 Å². The Morgan fingerprint density at radius 2 is 1.61 bits per heavy atom. The molecule has 5 rings (SSSR count). The summed E-state index contributed by atoms with van der Waals surface area (Å²) in [6.45, 7) is 0.471. The fraction of sp³-hybridized carbons (Fsp3) is 0.0417. The third-order valence-electron chi connectivity index (χ3n) is 5.07. The van der Waals surface area contributed by atoms with E-state index >= 15 is 0 Å². The largest absolute Gasteiger partial charge is 0.493 e. The van der Waals surface area contributed by atoms with Gasteiger partial charge >= 0.3 is 5.91 Å². The van der Waals surface area contributed by atoms with Crippen LogP contribution in [0.25, 0.3) is 21.0 Å². The highest BCUT2D eigenvalue weighted by Gasteiger charge is 2.19. The van der Waals surface area contributed by atoms with E-state index in [1.54, 1.807) is 4.57 Å². The summed E-state index contributed by atoms with van der Waals surface area (Å²) < 4.78 is 2.67. The van der Waals surface area contributed by atoms with E-state index in [0.717, 1.165) is 26.6 Å². The zero-order valence-electron chi connectivity index (χ0n) is 16.2. The summed E-state index contributed by atoms with van der Waals surface area (Å²) in [5.74, 6) is -0.575. The van der Waals surface area contributed by atoms with E-state index in [4.69, 9.17) is 11.6 Å². The van der Waals surface area contributed by atoms with Crippen LogP contribution in [-0.4, -0.2) is 15.6 Å². The Balaban J connectivity index is 1.54. The highest BCUT2D eigenvalue weighted by molar-refractivity contribution is 7.21. The Labute approximate surface area is 186 Å². The summed E-state index contributed by atoms with van der Waals surface area (Å²) in [7, 11) is 0. The molecule has 31 heavy (non-hydrogen) atoms. The van der Waals surface area contributed by atoms with Crippen LogP contribution in [0.1, 0.15) is 15.2 Å². The Kier molecular flexibility index (Phi) is 5.02. The van der Waals surface area contributed by atoms with Crippen molar-refractivity contribution in [3.8, 4) is 5.88 Å². The Morgan fingerprint density at radius 1 is 0.935 bits per heavy atom. The number of aromatic hydroxyl groups is 1. The molecule has 5 aromatic rings. The molecule has 152 valence electrons. The first-order chi connectivity index (χ1) is 15.1. The lowest BCUT2D eigenvalue weighted by atomic mass is 10.2. The number of azo groups is 1. The van der Waals surface area contributed by atoms with Gasteiger partial charge in [0.25, 0.3) is 0 Å². The minimum Gasteiger partial charge on any atom is -0.493 e. The Hall–Kier alpha value is -3.48. The molecule has 7 heteroatoms. The first kappa shape index (κ1) is 19.5. The van der Waals surface area contributed by atoms with Gasteiger partial charge in [-0.05, 0) is 17.7 Å². The minimum atomic E-state index is -0.537. The number of carbonyl (C=O) groups is 1. The average Bonchev–Trinajstić information content (AvgIpc) is 3.28. The molecule has 0 bridgehead atoms. The fourth-order valence-corrected chi connectivity index (χ4v) is 4.98. The lowest BCUT2D eigenvalue weighted by Crippen LogP contribution is -1.98. The van der Waals surface area contributed by atoms with Crippen LogP contribution in [0.4, 0.5) is 5.69 Å². The van der Waals surface area contributed by atoms with Crippen LogP contribution in [0.2, 0.25) is 5.02 Å². The van der Waals surface area contributed by atoms with E-state index in [-0.39, 0.29) is 11.6 Å². The molecule has 0 saturated heterocycles. The molecule has 3 aromatic carbocycles. The van der Waals surface area contributed by atoms with Crippen LogP contribution in [0, 0.1) is 0 Å². The van der Waals surface area contributed by atoms with Gasteiger partial charge < -0.3 is 9.67 Å².